The molecule has 3 heteroatoms. The van der Waals surface area contributed by atoms with Crippen molar-refractivity contribution in [2.45, 2.75) is 12.8 Å². The maximum absolute atomic E-state index is 13.0. The van der Waals surface area contributed by atoms with E-state index in [0.29, 0.717) is 11.4 Å². The molecule has 11 heavy (non-hydrogen) atoms. The Bertz CT molecular complexity index is 307. The highest BCUT2D eigenvalue weighted by atomic mass is 19.1. The van der Waals surface area contributed by atoms with Gasteiger partial charge in [-0.05, 0) is 18.9 Å². The highest BCUT2D eigenvalue weighted by Crippen LogP contribution is 2.22. The number of aliphatic imine (C=N–C) groups is 1. The summed E-state index contributed by atoms with van der Waals surface area (Å²) in [6.45, 7) is 0. The van der Waals surface area contributed by atoms with Crippen LogP contribution in [0.15, 0.2) is 17.3 Å². The normalized spacial score (nSPS) is 14.6. The zero-order valence-corrected chi connectivity index (χ0v) is 5.92. The molecule has 0 unspecified atom stereocenters. The van der Waals surface area contributed by atoms with Gasteiger partial charge in [-0.2, -0.15) is 0 Å². The van der Waals surface area contributed by atoms with Gasteiger partial charge >= 0.3 is 0 Å². The molecular formula is C8H7FN2. The van der Waals surface area contributed by atoms with Crippen LogP contribution < -0.4 is 0 Å². The molecule has 0 saturated heterocycles. The molecular weight excluding hydrogens is 143 g/mol. The Morgan fingerprint density at radius 3 is 3.18 bits per heavy atom. The molecule has 0 N–H and O–H groups in total. The van der Waals surface area contributed by atoms with Crippen molar-refractivity contribution in [3.8, 4) is 0 Å². The molecule has 0 amide bonds. The molecule has 0 spiro atoms. The Balaban J connectivity index is 2.60. The fourth-order valence-corrected chi connectivity index (χ4v) is 1.16. The lowest BCUT2D eigenvalue weighted by Crippen LogP contribution is -1.98. The van der Waals surface area contributed by atoms with Gasteiger partial charge in [0, 0.05) is 18.0 Å². The second kappa shape index (κ2) is 2.42. The van der Waals surface area contributed by atoms with Crippen LogP contribution >= 0.6 is 0 Å². The third-order valence-electron chi connectivity index (χ3n) is 1.71. The van der Waals surface area contributed by atoms with Crippen LogP contribution in [-0.4, -0.2) is 11.2 Å². The van der Waals surface area contributed by atoms with Gasteiger partial charge in [0.05, 0.1) is 0 Å². The van der Waals surface area contributed by atoms with Crippen LogP contribution in [-0.2, 0) is 6.42 Å². The molecule has 0 aromatic carbocycles. The molecule has 2 rings (SSSR count). The van der Waals surface area contributed by atoms with E-state index in [1.807, 2.05) is 0 Å². The van der Waals surface area contributed by atoms with Crippen LogP contribution in [0.1, 0.15) is 12.0 Å². The van der Waals surface area contributed by atoms with E-state index in [1.165, 1.54) is 12.3 Å². The summed E-state index contributed by atoms with van der Waals surface area (Å²) in [6, 6.07) is 1.37. The zero-order valence-electron chi connectivity index (χ0n) is 5.92. The number of hydrogen-bond acceptors (Lipinski definition) is 2. The van der Waals surface area contributed by atoms with Crippen molar-refractivity contribution in [2.24, 2.45) is 4.99 Å². The van der Waals surface area contributed by atoms with Gasteiger partial charge < -0.3 is 0 Å². The van der Waals surface area contributed by atoms with Gasteiger partial charge in [-0.25, -0.2) is 14.4 Å². The molecule has 1 aromatic rings. The Labute approximate surface area is 63.8 Å². The monoisotopic (exact) mass is 150 g/mol. The largest absolute Gasteiger partial charge is 0.241 e. The molecule has 0 atom stereocenters. The van der Waals surface area contributed by atoms with Crippen molar-refractivity contribution in [3.05, 3.63) is 23.6 Å². The van der Waals surface area contributed by atoms with E-state index in [9.17, 15) is 4.39 Å². The molecule has 2 heterocycles. The summed E-state index contributed by atoms with van der Waals surface area (Å²) in [7, 11) is 0. The summed E-state index contributed by atoms with van der Waals surface area (Å²) in [4.78, 5) is 7.92. The zero-order chi connectivity index (χ0) is 7.68. The Hall–Kier alpha value is -1.25. The molecule has 0 saturated carbocycles. The van der Waals surface area contributed by atoms with Gasteiger partial charge in [-0.3, -0.25) is 0 Å². The number of nitrogens with zero attached hydrogens (tertiary/aromatic N) is 2. The van der Waals surface area contributed by atoms with Crippen molar-refractivity contribution < 1.29 is 4.39 Å². The highest BCUT2D eigenvalue weighted by Gasteiger charge is 2.10. The first kappa shape index (κ1) is 6.46. The van der Waals surface area contributed by atoms with Gasteiger partial charge in [0.15, 0.2) is 5.82 Å². The average Bonchev–Trinajstić information content (AvgIpc) is 2.06. The quantitative estimate of drug-likeness (QED) is 0.554. The lowest BCUT2D eigenvalue weighted by molar-refractivity contribution is 0.607. The predicted molar refractivity (Wildman–Crippen MR) is 40.7 cm³/mol. The highest BCUT2D eigenvalue weighted by molar-refractivity contribution is 5.66. The van der Waals surface area contributed by atoms with Crippen LogP contribution in [0.3, 0.4) is 0 Å². The number of hydrogen-bond donors (Lipinski definition) is 0. The first-order chi connectivity index (χ1) is 5.38. The van der Waals surface area contributed by atoms with E-state index >= 15 is 0 Å². The van der Waals surface area contributed by atoms with E-state index in [4.69, 9.17) is 0 Å². The number of aromatic nitrogens is 1. The van der Waals surface area contributed by atoms with E-state index in [-0.39, 0.29) is 5.82 Å². The maximum atomic E-state index is 13.0. The third-order valence-corrected chi connectivity index (χ3v) is 1.71. The van der Waals surface area contributed by atoms with Crippen molar-refractivity contribution >= 4 is 12.0 Å². The fraction of sp³-hybridized carbons (Fsp3) is 0.250. The molecule has 0 bridgehead atoms. The number of fused-ring (bicyclic) bond motifs is 1. The number of pyridine rings is 1. The molecule has 0 aliphatic carbocycles. The van der Waals surface area contributed by atoms with Gasteiger partial charge in [0.25, 0.3) is 0 Å². The van der Waals surface area contributed by atoms with E-state index in [2.05, 4.69) is 9.98 Å². The van der Waals surface area contributed by atoms with Gasteiger partial charge in [-0.15, -0.1) is 0 Å². The molecule has 56 valence electrons. The SMILES string of the molecule is Fc1ccnc2c1CCC=N2. The molecule has 2 nitrogen and oxygen atoms in total. The van der Waals surface area contributed by atoms with Crippen LogP contribution in [0.25, 0.3) is 0 Å². The standard InChI is InChI=1S/C8H7FN2/c9-7-3-5-11-8-6(7)2-1-4-10-8/h3-5H,1-2H2. The lowest BCUT2D eigenvalue weighted by atomic mass is 10.1. The van der Waals surface area contributed by atoms with Crippen LogP contribution in [0.4, 0.5) is 10.2 Å². The summed E-state index contributed by atoms with van der Waals surface area (Å²) < 4.78 is 13.0. The van der Waals surface area contributed by atoms with Crippen molar-refractivity contribution in [2.75, 3.05) is 0 Å². The Kier molecular flexibility index (Phi) is 1.42. The van der Waals surface area contributed by atoms with Crippen LogP contribution in [0.2, 0.25) is 0 Å². The summed E-state index contributed by atoms with van der Waals surface area (Å²) in [5.41, 5.74) is 0.648. The van der Waals surface area contributed by atoms with Gasteiger partial charge in [0.2, 0.25) is 0 Å². The minimum absolute atomic E-state index is 0.188. The van der Waals surface area contributed by atoms with E-state index in [1.54, 1.807) is 6.21 Å². The molecule has 1 aliphatic heterocycles. The molecule has 1 aliphatic rings. The van der Waals surface area contributed by atoms with Crippen molar-refractivity contribution in [1.82, 2.24) is 4.98 Å². The summed E-state index contributed by atoms with van der Waals surface area (Å²) in [5.74, 6) is 0.350. The molecule has 0 radical (unpaired) electrons. The summed E-state index contributed by atoms with van der Waals surface area (Å²) >= 11 is 0. The lowest BCUT2D eigenvalue weighted by Gasteiger charge is -2.07. The second-order valence-electron chi connectivity index (χ2n) is 2.45. The van der Waals surface area contributed by atoms with Crippen LogP contribution in [0, 0.1) is 5.82 Å². The Morgan fingerprint density at radius 1 is 1.45 bits per heavy atom. The molecule has 1 aromatic heterocycles. The maximum Gasteiger partial charge on any atom is 0.157 e. The molecule has 0 fully saturated rings. The number of halogens is 1. The topological polar surface area (TPSA) is 25.2 Å². The fourth-order valence-electron chi connectivity index (χ4n) is 1.16. The van der Waals surface area contributed by atoms with Gasteiger partial charge in [0.1, 0.15) is 5.82 Å². The van der Waals surface area contributed by atoms with E-state index < -0.39 is 0 Å². The van der Waals surface area contributed by atoms with E-state index in [0.717, 1.165) is 12.8 Å². The number of rotatable bonds is 0. The minimum Gasteiger partial charge on any atom is -0.241 e. The van der Waals surface area contributed by atoms with Crippen LogP contribution in [0.5, 0.6) is 0 Å². The first-order valence-corrected chi connectivity index (χ1v) is 3.54. The van der Waals surface area contributed by atoms with Gasteiger partial charge in [-0.1, -0.05) is 0 Å². The van der Waals surface area contributed by atoms with Crippen molar-refractivity contribution in [3.63, 3.8) is 0 Å². The van der Waals surface area contributed by atoms with Crippen molar-refractivity contribution in [1.29, 1.82) is 0 Å². The second-order valence-corrected chi connectivity index (χ2v) is 2.45. The summed E-state index contributed by atoms with van der Waals surface area (Å²) in [6.07, 6.45) is 4.75. The third kappa shape index (κ3) is 1.02. The smallest absolute Gasteiger partial charge is 0.157 e. The summed E-state index contributed by atoms with van der Waals surface area (Å²) in [5, 5.41) is 0. The minimum atomic E-state index is -0.188. The first-order valence-electron chi connectivity index (χ1n) is 3.54. The average molecular weight is 150 g/mol. The predicted octanol–water partition coefficient (Wildman–Crippen LogP) is 1.87. The Morgan fingerprint density at radius 2 is 2.36 bits per heavy atom.